The van der Waals surface area contributed by atoms with Crippen LogP contribution in [0.5, 0.6) is 5.75 Å². The van der Waals surface area contributed by atoms with Gasteiger partial charge in [-0.05, 0) is 23.3 Å². The SMILES string of the molecule is COc1ccc([C@H](Cl)c2ccccc2)cc1. The highest BCUT2D eigenvalue weighted by Gasteiger charge is 2.09. The van der Waals surface area contributed by atoms with Gasteiger partial charge in [0.05, 0.1) is 12.5 Å². The van der Waals surface area contributed by atoms with Crippen LogP contribution in [-0.4, -0.2) is 7.11 Å². The maximum absolute atomic E-state index is 6.39. The molecule has 0 aliphatic carbocycles. The molecule has 1 nitrogen and oxygen atoms in total. The lowest BCUT2D eigenvalue weighted by Gasteiger charge is -2.10. The molecule has 0 aliphatic heterocycles. The number of hydrogen-bond donors (Lipinski definition) is 0. The van der Waals surface area contributed by atoms with Crippen LogP contribution in [-0.2, 0) is 0 Å². The molecule has 2 heteroatoms. The van der Waals surface area contributed by atoms with Gasteiger partial charge in [0.25, 0.3) is 0 Å². The van der Waals surface area contributed by atoms with Gasteiger partial charge in [-0.3, -0.25) is 0 Å². The van der Waals surface area contributed by atoms with Crippen LogP contribution in [0, 0.1) is 0 Å². The van der Waals surface area contributed by atoms with Crippen LogP contribution in [0.4, 0.5) is 0 Å². The van der Waals surface area contributed by atoms with E-state index in [-0.39, 0.29) is 5.38 Å². The fourth-order valence-corrected chi connectivity index (χ4v) is 1.88. The molecule has 0 aliphatic rings. The van der Waals surface area contributed by atoms with Crippen molar-refractivity contribution >= 4 is 11.6 Å². The smallest absolute Gasteiger partial charge is 0.118 e. The van der Waals surface area contributed by atoms with Crippen LogP contribution in [0.3, 0.4) is 0 Å². The second kappa shape index (κ2) is 5.04. The summed E-state index contributed by atoms with van der Waals surface area (Å²) in [5.74, 6) is 0.848. The summed E-state index contributed by atoms with van der Waals surface area (Å²) in [7, 11) is 1.66. The minimum Gasteiger partial charge on any atom is -0.497 e. The summed E-state index contributed by atoms with van der Waals surface area (Å²) in [5, 5.41) is -0.105. The molecule has 0 fully saturated rings. The van der Waals surface area contributed by atoms with Crippen molar-refractivity contribution in [3.63, 3.8) is 0 Å². The Kier molecular flexibility index (Phi) is 3.47. The molecule has 0 N–H and O–H groups in total. The molecule has 0 unspecified atom stereocenters. The van der Waals surface area contributed by atoms with Gasteiger partial charge in [-0.1, -0.05) is 42.5 Å². The number of ether oxygens (including phenoxy) is 1. The van der Waals surface area contributed by atoms with E-state index < -0.39 is 0 Å². The van der Waals surface area contributed by atoms with E-state index in [9.17, 15) is 0 Å². The third kappa shape index (κ3) is 2.37. The first-order valence-corrected chi connectivity index (χ1v) is 5.58. The monoisotopic (exact) mass is 232 g/mol. The molecule has 0 heterocycles. The number of alkyl halides is 1. The third-order valence-electron chi connectivity index (χ3n) is 2.50. The van der Waals surface area contributed by atoms with E-state index in [2.05, 4.69) is 0 Å². The Morgan fingerprint density at radius 3 is 2.00 bits per heavy atom. The van der Waals surface area contributed by atoms with Crippen LogP contribution in [0.15, 0.2) is 54.6 Å². The quantitative estimate of drug-likeness (QED) is 0.727. The molecule has 1 atom stereocenters. The average Bonchev–Trinajstić information content (AvgIpc) is 2.39. The van der Waals surface area contributed by atoms with Gasteiger partial charge in [0.1, 0.15) is 5.75 Å². The van der Waals surface area contributed by atoms with E-state index >= 15 is 0 Å². The largest absolute Gasteiger partial charge is 0.497 e. The van der Waals surface area contributed by atoms with Gasteiger partial charge in [-0.2, -0.15) is 0 Å². The maximum Gasteiger partial charge on any atom is 0.118 e. The zero-order chi connectivity index (χ0) is 11.4. The zero-order valence-corrected chi connectivity index (χ0v) is 9.82. The molecule has 2 aromatic carbocycles. The zero-order valence-electron chi connectivity index (χ0n) is 9.06. The second-order valence-electron chi connectivity index (χ2n) is 3.55. The van der Waals surface area contributed by atoms with E-state index in [0.29, 0.717) is 0 Å². The normalized spacial score (nSPS) is 12.1. The standard InChI is InChI=1S/C14H13ClO/c1-16-13-9-7-12(8-10-13)14(15)11-5-3-2-4-6-11/h2-10,14H,1H3/t14-/m1/s1. The summed E-state index contributed by atoms with van der Waals surface area (Å²) in [6.45, 7) is 0. The average molecular weight is 233 g/mol. The van der Waals surface area contributed by atoms with Crippen LogP contribution in [0.2, 0.25) is 0 Å². The number of benzene rings is 2. The fourth-order valence-electron chi connectivity index (χ4n) is 1.59. The molecule has 0 spiro atoms. The van der Waals surface area contributed by atoms with Crippen LogP contribution >= 0.6 is 11.6 Å². The first-order valence-electron chi connectivity index (χ1n) is 5.14. The van der Waals surface area contributed by atoms with Crippen molar-refractivity contribution in [3.8, 4) is 5.75 Å². The predicted octanol–water partition coefficient (Wildman–Crippen LogP) is 4.02. The highest BCUT2D eigenvalue weighted by atomic mass is 35.5. The van der Waals surface area contributed by atoms with Crippen molar-refractivity contribution in [2.45, 2.75) is 5.38 Å². The number of halogens is 1. The van der Waals surface area contributed by atoms with Crippen LogP contribution in [0.25, 0.3) is 0 Å². The van der Waals surface area contributed by atoms with Gasteiger partial charge in [0.15, 0.2) is 0 Å². The van der Waals surface area contributed by atoms with Gasteiger partial charge < -0.3 is 4.74 Å². The molecular weight excluding hydrogens is 220 g/mol. The van der Waals surface area contributed by atoms with E-state index in [1.54, 1.807) is 7.11 Å². The van der Waals surface area contributed by atoms with Crippen LogP contribution < -0.4 is 4.74 Å². The maximum atomic E-state index is 6.39. The highest BCUT2D eigenvalue weighted by Crippen LogP contribution is 2.29. The van der Waals surface area contributed by atoms with Gasteiger partial charge in [0.2, 0.25) is 0 Å². The van der Waals surface area contributed by atoms with Gasteiger partial charge in [-0.25, -0.2) is 0 Å². The second-order valence-corrected chi connectivity index (χ2v) is 3.98. The summed E-state index contributed by atoms with van der Waals surface area (Å²) in [6, 6.07) is 17.9. The molecule has 0 aromatic heterocycles. The number of hydrogen-bond acceptors (Lipinski definition) is 1. The Morgan fingerprint density at radius 2 is 1.44 bits per heavy atom. The Labute approximate surface area is 101 Å². The minimum absolute atomic E-state index is 0.105. The molecule has 0 saturated carbocycles. The molecular formula is C14H13ClO. The van der Waals surface area contributed by atoms with Gasteiger partial charge in [0, 0.05) is 0 Å². The summed E-state index contributed by atoms with van der Waals surface area (Å²) >= 11 is 6.39. The Morgan fingerprint density at radius 1 is 0.875 bits per heavy atom. The molecule has 0 saturated heterocycles. The van der Waals surface area contributed by atoms with Crippen molar-refractivity contribution in [3.05, 3.63) is 65.7 Å². The first-order chi connectivity index (χ1) is 7.81. The Hall–Kier alpha value is -1.47. The van der Waals surface area contributed by atoms with E-state index in [0.717, 1.165) is 16.9 Å². The van der Waals surface area contributed by atoms with E-state index in [4.69, 9.17) is 16.3 Å². The van der Waals surface area contributed by atoms with Crippen molar-refractivity contribution in [1.82, 2.24) is 0 Å². The van der Waals surface area contributed by atoms with Crippen molar-refractivity contribution in [2.24, 2.45) is 0 Å². The van der Waals surface area contributed by atoms with Gasteiger partial charge >= 0.3 is 0 Å². The van der Waals surface area contributed by atoms with E-state index in [1.165, 1.54) is 0 Å². The highest BCUT2D eigenvalue weighted by molar-refractivity contribution is 6.22. The Bertz CT molecular complexity index is 436. The fraction of sp³-hybridized carbons (Fsp3) is 0.143. The van der Waals surface area contributed by atoms with E-state index in [1.807, 2.05) is 54.6 Å². The summed E-state index contributed by atoms with van der Waals surface area (Å²) < 4.78 is 5.11. The minimum atomic E-state index is -0.105. The summed E-state index contributed by atoms with van der Waals surface area (Å²) in [5.41, 5.74) is 2.18. The molecule has 0 amide bonds. The third-order valence-corrected chi connectivity index (χ3v) is 3.00. The van der Waals surface area contributed by atoms with Crippen molar-refractivity contribution in [1.29, 1.82) is 0 Å². The van der Waals surface area contributed by atoms with Crippen molar-refractivity contribution in [2.75, 3.05) is 7.11 Å². The predicted molar refractivity (Wildman–Crippen MR) is 67.1 cm³/mol. The topological polar surface area (TPSA) is 9.23 Å². The molecule has 0 radical (unpaired) electrons. The van der Waals surface area contributed by atoms with Crippen LogP contribution in [0.1, 0.15) is 16.5 Å². The lowest BCUT2D eigenvalue weighted by Crippen LogP contribution is -1.92. The number of rotatable bonds is 3. The molecule has 82 valence electrons. The summed E-state index contributed by atoms with van der Waals surface area (Å²) in [6.07, 6.45) is 0. The Balaban J connectivity index is 2.24. The molecule has 2 rings (SSSR count). The summed E-state index contributed by atoms with van der Waals surface area (Å²) in [4.78, 5) is 0. The lowest BCUT2D eigenvalue weighted by atomic mass is 10.0. The molecule has 0 bridgehead atoms. The number of methoxy groups -OCH3 is 1. The molecule has 2 aromatic rings. The lowest BCUT2D eigenvalue weighted by molar-refractivity contribution is 0.414. The first kappa shape index (κ1) is 11.0. The molecule has 16 heavy (non-hydrogen) atoms. The van der Waals surface area contributed by atoms with Gasteiger partial charge in [-0.15, -0.1) is 11.6 Å². The van der Waals surface area contributed by atoms with Crippen molar-refractivity contribution < 1.29 is 4.74 Å².